The fourth-order valence-electron chi connectivity index (χ4n) is 3.06. The Morgan fingerprint density at radius 2 is 1.88 bits per heavy atom. The molecule has 25 heavy (non-hydrogen) atoms. The van der Waals surface area contributed by atoms with Gasteiger partial charge in [0.15, 0.2) is 5.11 Å². The molecule has 3 rings (SSSR count). The van der Waals surface area contributed by atoms with Crippen LogP contribution in [0.15, 0.2) is 30.0 Å². The maximum absolute atomic E-state index is 12.6. The van der Waals surface area contributed by atoms with E-state index in [0.717, 1.165) is 18.7 Å². The SMILES string of the molecule is COC(=O)CN1C(=O)/C(=C/c2ccc(N3CCCC3)cc2)N(C)C1=S. The lowest BCUT2D eigenvalue weighted by Crippen LogP contribution is -2.36. The molecule has 0 radical (unpaired) electrons. The number of likely N-dealkylation sites (N-methyl/N-ethyl adjacent to an activating group) is 1. The molecule has 2 aliphatic heterocycles. The van der Waals surface area contributed by atoms with Crippen LogP contribution in [0.2, 0.25) is 0 Å². The van der Waals surface area contributed by atoms with Gasteiger partial charge >= 0.3 is 5.97 Å². The highest BCUT2D eigenvalue weighted by Crippen LogP contribution is 2.24. The minimum atomic E-state index is -0.500. The second-order valence-corrected chi connectivity index (χ2v) is 6.49. The van der Waals surface area contributed by atoms with Crippen molar-refractivity contribution in [2.45, 2.75) is 12.8 Å². The molecule has 0 bridgehead atoms. The lowest BCUT2D eigenvalue weighted by molar-refractivity contribution is -0.143. The number of nitrogens with zero attached hydrogens (tertiary/aromatic N) is 3. The highest BCUT2D eigenvalue weighted by molar-refractivity contribution is 7.80. The van der Waals surface area contributed by atoms with E-state index in [1.165, 1.54) is 30.5 Å². The molecule has 0 aliphatic carbocycles. The molecule has 2 fully saturated rings. The van der Waals surface area contributed by atoms with Crippen LogP contribution in [0.25, 0.3) is 6.08 Å². The molecule has 0 unspecified atom stereocenters. The minimum absolute atomic E-state index is 0.177. The molecule has 0 aromatic heterocycles. The van der Waals surface area contributed by atoms with Crippen molar-refractivity contribution in [3.63, 3.8) is 0 Å². The molecule has 6 nitrogen and oxygen atoms in total. The van der Waals surface area contributed by atoms with Gasteiger partial charge in [-0.2, -0.15) is 0 Å². The summed E-state index contributed by atoms with van der Waals surface area (Å²) >= 11 is 5.27. The fraction of sp³-hybridized carbons (Fsp3) is 0.389. The zero-order valence-electron chi connectivity index (χ0n) is 14.4. The van der Waals surface area contributed by atoms with Crippen molar-refractivity contribution in [2.75, 3.05) is 38.7 Å². The van der Waals surface area contributed by atoms with Crippen LogP contribution in [0.4, 0.5) is 5.69 Å². The van der Waals surface area contributed by atoms with Gasteiger partial charge in [0.05, 0.1) is 7.11 Å². The number of carbonyl (C=O) groups excluding carboxylic acids is 2. The van der Waals surface area contributed by atoms with E-state index >= 15 is 0 Å². The number of thiocarbonyl (C=S) groups is 1. The van der Waals surface area contributed by atoms with Crippen LogP contribution in [0.1, 0.15) is 18.4 Å². The van der Waals surface area contributed by atoms with Crippen LogP contribution < -0.4 is 4.90 Å². The summed E-state index contributed by atoms with van der Waals surface area (Å²) in [5, 5.41) is 0.301. The van der Waals surface area contributed by atoms with Crippen LogP contribution in [0.3, 0.4) is 0 Å². The summed E-state index contributed by atoms with van der Waals surface area (Å²) in [4.78, 5) is 29.3. The Balaban J connectivity index is 1.79. The number of hydrogen-bond donors (Lipinski definition) is 0. The monoisotopic (exact) mass is 359 g/mol. The van der Waals surface area contributed by atoms with Crippen LogP contribution in [0, 0.1) is 0 Å². The number of rotatable bonds is 4. The summed E-state index contributed by atoms with van der Waals surface area (Å²) in [5.41, 5.74) is 2.57. The van der Waals surface area contributed by atoms with Gasteiger partial charge in [-0.1, -0.05) is 12.1 Å². The van der Waals surface area contributed by atoms with Crippen molar-refractivity contribution in [2.24, 2.45) is 0 Å². The quantitative estimate of drug-likeness (QED) is 0.465. The maximum atomic E-state index is 12.6. The van der Waals surface area contributed by atoms with Gasteiger partial charge in [0.25, 0.3) is 5.91 Å². The number of methoxy groups -OCH3 is 1. The second kappa shape index (κ2) is 7.23. The predicted molar refractivity (Wildman–Crippen MR) is 100.0 cm³/mol. The maximum Gasteiger partial charge on any atom is 0.325 e. The van der Waals surface area contributed by atoms with Gasteiger partial charge in [0.1, 0.15) is 12.2 Å². The third kappa shape index (κ3) is 3.51. The molecule has 0 N–H and O–H groups in total. The van der Waals surface area contributed by atoms with Crippen LogP contribution in [-0.4, -0.2) is 60.6 Å². The third-order valence-corrected chi connectivity index (χ3v) is 5.02. The zero-order chi connectivity index (χ0) is 18.0. The average Bonchev–Trinajstić information content (AvgIpc) is 3.22. The van der Waals surface area contributed by atoms with Gasteiger partial charge in [-0.05, 0) is 48.8 Å². The molecule has 0 atom stereocenters. The topological polar surface area (TPSA) is 53.1 Å². The molecule has 1 aromatic carbocycles. The van der Waals surface area contributed by atoms with Gasteiger partial charge in [-0.15, -0.1) is 0 Å². The van der Waals surface area contributed by atoms with Crippen LogP contribution in [0.5, 0.6) is 0 Å². The summed E-state index contributed by atoms with van der Waals surface area (Å²) < 4.78 is 4.62. The Labute approximate surface area is 152 Å². The van der Waals surface area contributed by atoms with Crippen LogP contribution in [-0.2, 0) is 14.3 Å². The molecule has 132 valence electrons. The Hall–Kier alpha value is -2.41. The van der Waals surface area contributed by atoms with E-state index < -0.39 is 5.97 Å². The molecule has 7 heteroatoms. The van der Waals surface area contributed by atoms with E-state index in [1.807, 2.05) is 12.1 Å². The lowest BCUT2D eigenvalue weighted by Gasteiger charge is -2.17. The standard InChI is InChI=1S/C18H21N3O3S/c1-19-15(17(23)21(18(19)25)12-16(22)24-2)11-13-5-7-14(8-6-13)20-9-3-4-10-20/h5-8,11H,3-4,9-10,12H2,1-2H3/b15-11-. The first kappa shape index (κ1) is 17.4. The molecule has 2 saturated heterocycles. The third-order valence-electron chi connectivity index (χ3n) is 4.53. The average molecular weight is 359 g/mol. The van der Waals surface area contributed by atoms with Crippen molar-refractivity contribution in [3.8, 4) is 0 Å². The fourth-order valence-corrected chi connectivity index (χ4v) is 3.30. The number of esters is 1. The molecule has 2 aliphatic rings. The van der Waals surface area contributed by atoms with Gasteiger partial charge in [0, 0.05) is 25.8 Å². The Morgan fingerprint density at radius 3 is 2.48 bits per heavy atom. The second-order valence-electron chi connectivity index (χ2n) is 6.12. The van der Waals surface area contributed by atoms with E-state index in [-0.39, 0.29) is 12.5 Å². The molecule has 0 saturated carbocycles. The zero-order valence-corrected chi connectivity index (χ0v) is 15.2. The molecule has 1 amide bonds. The Kier molecular flexibility index (Phi) is 5.03. The van der Waals surface area contributed by atoms with Gasteiger partial charge in [-0.3, -0.25) is 14.5 Å². The summed E-state index contributed by atoms with van der Waals surface area (Å²) in [7, 11) is 3.01. The smallest absolute Gasteiger partial charge is 0.325 e. The minimum Gasteiger partial charge on any atom is -0.468 e. The van der Waals surface area contributed by atoms with Crippen molar-refractivity contribution in [1.82, 2.24) is 9.80 Å². The van der Waals surface area contributed by atoms with Gasteiger partial charge < -0.3 is 14.5 Å². The molecular formula is C18H21N3O3S. The number of benzene rings is 1. The molecule has 2 heterocycles. The number of anilines is 1. The summed E-state index contributed by atoms with van der Waals surface area (Å²) in [5.74, 6) is -0.790. The van der Waals surface area contributed by atoms with Gasteiger partial charge in [0.2, 0.25) is 0 Å². The number of ether oxygens (including phenoxy) is 1. The van der Waals surface area contributed by atoms with E-state index in [1.54, 1.807) is 18.0 Å². The predicted octanol–water partition coefficient (Wildman–Crippen LogP) is 1.86. The summed E-state index contributed by atoms with van der Waals surface area (Å²) in [6, 6.07) is 8.13. The Bertz CT molecular complexity index is 724. The largest absolute Gasteiger partial charge is 0.468 e. The van der Waals surface area contributed by atoms with E-state index in [4.69, 9.17) is 12.2 Å². The first-order valence-electron chi connectivity index (χ1n) is 8.24. The molecule has 0 spiro atoms. The van der Waals surface area contributed by atoms with Crippen molar-refractivity contribution >= 4 is 41.0 Å². The lowest BCUT2D eigenvalue weighted by atomic mass is 10.1. The van der Waals surface area contributed by atoms with Crippen molar-refractivity contribution < 1.29 is 14.3 Å². The first-order chi connectivity index (χ1) is 12.0. The van der Waals surface area contributed by atoms with Crippen LogP contribution >= 0.6 is 12.2 Å². The number of amides is 1. The normalized spacial score (nSPS) is 19.3. The van der Waals surface area contributed by atoms with E-state index in [2.05, 4.69) is 21.8 Å². The molecule has 1 aromatic rings. The summed E-state index contributed by atoms with van der Waals surface area (Å²) in [6.07, 6.45) is 4.26. The summed E-state index contributed by atoms with van der Waals surface area (Å²) in [6.45, 7) is 2.01. The first-order valence-corrected chi connectivity index (χ1v) is 8.65. The molecular weight excluding hydrogens is 338 g/mol. The number of carbonyl (C=O) groups is 2. The highest BCUT2D eigenvalue weighted by atomic mass is 32.1. The Morgan fingerprint density at radius 1 is 1.24 bits per heavy atom. The van der Waals surface area contributed by atoms with E-state index in [0.29, 0.717) is 10.8 Å². The number of hydrogen-bond acceptors (Lipinski definition) is 5. The van der Waals surface area contributed by atoms with Crippen molar-refractivity contribution in [1.29, 1.82) is 0 Å². The van der Waals surface area contributed by atoms with E-state index in [9.17, 15) is 9.59 Å². The van der Waals surface area contributed by atoms with Gasteiger partial charge in [-0.25, -0.2) is 0 Å². The highest BCUT2D eigenvalue weighted by Gasteiger charge is 2.36. The van der Waals surface area contributed by atoms with Crippen molar-refractivity contribution in [3.05, 3.63) is 35.5 Å².